The lowest BCUT2D eigenvalue weighted by Gasteiger charge is -2.31. The minimum absolute atomic E-state index is 0.0266. The number of Topliss-reactive ketones (excluding diaryl/α,β-unsaturated/α-hetero) is 3. The van der Waals surface area contributed by atoms with Crippen LogP contribution in [-0.4, -0.2) is 44.9 Å². The van der Waals surface area contributed by atoms with Gasteiger partial charge in [-0.25, -0.2) is 0 Å². The summed E-state index contributed by atoms with van der Waals surface area (Å²) in [6, 6.07) is 0. The molecule has 8 nitrogen and oxygen atoms in total. The van der Waals surface area contributed by atoms with Crippen molar-refractivity contribution in [2.24, 2.45) is 5.41 Å². The van der Waals surface area contributed by atoms with Gasteiger partial charge in [-0.2, -0.15) is 0 Å². The first-order valence-electron chi connectivity index (χ1n) is 9.89. The van der Waals surface area contributed by atoms with Gasteiger partial charge in [-0.05, 0) is 34.1 Å². The van der Waals surface area contributed by atoms with E-state index in [0.717, 1.165) is 6.92 Å². The van der Waals surface area contributed by atoms with Crippen LogP contribution in [0.15, 0.2) is 22.7 Å². The normalized spacial score (nSPS) is 16.0. The molecule has 168 valence electrons. The maximum Gasteiger partial charge on any atom is 0.183 e. The van der Waals surface area contributed by atoms with E-state index in [2.05, 4.69) is 0 Å². The van der Waals surface area contributed by atoms with Gasteiger partial charge in [-0.1, -0.05) is 6.92 Å². The van der Waals surface area contributed by atoms with Crippen molar-refractivity contribution in [2.75, 3.05) is 7.11 Å². The van der Waals surface area contributed by atoms with Crippen LogP contribution in [0.2, 0.25) is 0 Å². The second kappa shape index (κ2) is 8.45. The lowest BCUT2D eigenvalue weighted by atomic mass is 9.73. The number of rotatable bonds is 7. The summed E-state index contributed by atoms with van der Waals surface area (Å²) in [5.74, 6) is -3.95. The lowest BCUT2D eigenvalue weighted by molar-refractivity contribution is -0.126. The summed E-state index contributed by atoms with van der Waals surface area (Å²) in [5, 5.41) is 42.9. The number of benzene rings is 1. The van der Waals surface area contributed by atoms with Crippen LogP contribution in [0, 0.1) is 12.3 Å². The van der Waals surface area contributed by atoms with Crippen LogP contribution in [0.5, 0.6) is 17.2 Å². The Morgan fingerprint density at radius 3 is 2.13 bits per heavy atom. The summed E-state index contributed by atoms with van der Waals surface area (Å²) in [4.78, 5) is 37.2. The van der Waals surface area contributed by atoms with E-state index in [0.29, 0.717) is 6.42 Å². The molecule has 1 aliphatic carbocycles. The molecule has 0 saturated heterocycles. The van der Waals surface area contributed by atoms with Gasteiger partial charge in [0.25, 0.3) is 0 Å². The first-order valence-corrected chi connectivity index (χ1v) is 9.89. The number of carbonyl (C=O) groups is 3. The molecule has 0 spiro atoms. The minimum atomic E-state index is -1.50. The zero-order valence-corrected chi connectivity index (χ0v) is 18.5. The summed E-state index contributed by atoms with van der Waals surface area (Å²) < 4.78 is 5.24. The number of ketones is 3. The van der Waals surface area contributed by atoms with Crippen molar-refractivity contribution in [1.29, 1.82) is 0 Å². The summed E-state index contributed by atoms with van der Waals surface area (Å²) in [6.07, 6.45) is 0.215. The monoisotopic (exact) mass is 432 g/mol. The number of phenols is 2. The first kappa shape index (κ1) is 24.0. The molecule has 0 amide bonds. The van der Waals surface area contributed by atoms with Crippen LogP contribution in [0.25, 0.3) is 0 Å². The summed E-state index contributed by atoms with van der Waals surface area (Å²) in [6.45, 7) is 7.21. The summed E-state index contributed by atoms with van der Waals surface area (Å²) in [5.41, 5.74) is -2.23. The molecular formula is C23H28O8. The Morgan fingerprint density at radius 2 is 1.65 bits per heavy atom. The van der Waals surface area contributed by atoms with Gasteiger partial charge in [0.05, 0.1) is 12.5 Å². The molecule has 31 heavy (non-hydrogen) atoms. The van der Waals surface area contributed by atoms with Crippen molar-refractivity contribution >= 4 is 17.3 Å². The Labute approximate surface area is 180 Å². The number of methoxy groups -OCH3 is 1. The molecule has 0 aliphatic heterocycles. The standard InChI is InChI=1S/C23H28O8/c1-7-8-14(25)16-18(27)12(17(26)10(2)20(16)31-6)9-13-19(28)15(11(3)24)22(30)23(4,5)21(13)29/h26-29H,7-9H2,1-6H3. The van der Waals surface area contributed by atoms with Gasteiger partial charge in [-0.3, -0.25) is 14.4 Å². The molecular weight excluding hydrogens is 404 g/mol. The second-order valence-corrected chi connectivity index (χ2v) is 8.12. The fraction of sp³-hybridized carbons (Fsp3) is 0.435. The molecule has 0 radical (unpaired) electrons. The van der Waals surface area contributed by atoms with Gasteiger partial charge >= 0.3 is 0 Å². The predicted molar refractivity (Wildman–Crippen MR) is 113 cm³/mol. The van der Waals surface area contributed by atoms with Crippen LogP contribution in [-0.2, 0) is 16.0 Å². The minimum Gasteiger partial charge on any atom is -0.511 e. The highest BCUT2D eigenvalue weighted by atomic mass is 16.5. The van der Waals surface area contributed by atoms with Gasteiger partial charge in [-0.15, -0.1) is 0 Å². The van der Waals surface area contributed by atoms with E-state index in [1.165, 1.54) is 27.9 Å². The topological polar surface area (TPSA) is 141 Å². The number of aliphatic hydroxyl groups excluding tert-OH is 2. The van der Waals surface area contributed by atoms with Crippen LogP contribution in [0.4, 0.5) is 0 Å². The predicted octanol–water partition coefficient (Wildman–Crippen LogP) is 3.76. The molecule has 1 aromatic rings. The Hall–Kier alpha value is -3.29. The average Bonchev–Trinajstić information content (AvgIpc) is 2.68. The molecule has 0 bridgehead atoms. The second-order valence-electron chi connectivity index (χ2n) is 8.12. The molecule has 8 heteroatoms. The maximum absolute atomic E-state index is 12.6. The number of allylic oxidation sites excluding steroid dienone is 3. The molecule has 0 saturated carbocycles. The van der Waals surface area contributed by atoms with Crippen molar-refractivity contribution < 1.29 is 39.5 Å². The Balaban J connectivity index is 2.81. The largest absolute Gasteiger partial charge is 0.511 e. The van der Waals surface area contributed by atoms with Crippen LogP contribution < -0.4 is 4.74 Å². The molecule has 0 heterocycles. The van der Waals surface area contributed by atoms with Gasteiger partial charge in [0.15, 0.2) is 17.3 Å². The molecule has 0 unspecified atom stereocenters. The molecule has 2 rings (SSSR count). The highest BCUT2D eigenvalue weighted by molar-refractivity contribution is 6.23. The van der Waals surface area contributed by atoms with E-state index in [-0.39, 0.29) is 34.4 Å². The van der Waals surface area contributed by atoms with Crippen molar-refractivity contribution in [2.45, 2.75) is 53.9 Å². The van der Waals surface area contributed by atoms with E-state index in [1.807, 2.05) is 0 Å². The molecule has 0 fully saturated rings. The van der Waals surface area contributed by atoms with Gasteiger partial charge in [0.1, 0.15) is 39.9 Å². The quantitative estimate of drug-likeness (QED) is 0.377. The maximum atomic E-state index is 12.6. The summed E-state index contributed by atoms with van der Waals surface area (Å²) >= 11 is 0. The first-order chi connectivity index (χ1) is 14.3. The van der Waals surface area contributed by atoms with E-state index in [9.17, 15) is 34.8 Å². The van der Waals surface area contributed by atoms with Crippen molar-refractivity contribution in [1.82, 2.24) is 0 Å². The fourth-order valence-corrected chi connectivity index (χ4v) is 3.76. The van der Waals surface area contributed by atoms with Crippen molar-refractivity contribution in [3.63, 3.8) is 0 Å². The Bertz CT molecular complexity index is 1040. The number of ether oxygens (including phenoxy) is 1. The molecule has 0 atom stereocenters. The van der Waals surface area contributed by atoms with E-state index < -0.39 is 57.8 Å². The highest BCUT2D eigenvalue weighted by Crippen LogP contribution is 2.46. The van der Waals surface area contributed by atoms with Gasteiger partial charge in [0.2, 0.25) is 0 Å². The van der Waals surface area contributed by atoms with Gasteiger partial charge < -0.3 is 25.2 Å². The average molecular weight is 432 g/mol. The fourth-order valence-electron chi connectivity index (χ4n) is 3.76. The third-order valence-corrected chi connectivity index (χ3v) is 5.59. The van der Waals surface area contributed by atoms with Crippen LogP contribution in [0.1, 0.15) is 62.0 Å². The lowest BCUT2D eigenvalue weighted by Crippen LogP contribution is -2.36. The van der Waals surface area contributed by atoms with E-state index in [4.69, 9.17) is 4.74 Å². The highest BCUT2D eigenvalue weighted by Gasteiger charge is 2.44. The summed E-state index contributed by atoms with van der Waals surface area (Å²) in [7, 11) is 1.31. The Morgan fingerprint density at radius 1 is 1.06 bits per heavy atom. The van der Waals surface area contributed by atoms with E-state index in [1.54, 1.807) is 6.92 Å². The van der Waals surface area contributed by atoms with Crippen LogP contribution in [0.3, 0.4) is 0 Å². The Kier molecular flexibility index (Phi) is 6.54. The number of phenolic OH excluding ortho intramolecular Hbond substituents is 2. The zero-order valence-electron chi connectivity index (χ0n) is 18.5. The SMILES string of the molecule is CCCC(=O)c1c(O)c(CC2=C(O)C(C)(C)C(=O)C(C(C)=O)=C2O)c(O)c(C)c1OC. The number of hydrogen-bond donors (Lipinski definition) is 4. The third kappa shape index (κ3) is 3.78. The van der Waals surface area contributed by atoms with Crippen molar-refractivity contribution in [3.05, 3.63) is 39.4 Å². The third-order valence-electron chi connectivity index (χ3n) is 5.59. The number of aromatic hydroxyl groups is 2. The van der Waals surface area contributed by atoms with Crippen LogP contribution >= 0.6 is 0 Å². The molecule has 4 N–H and O–H groups in total. The molecule has 1 aliphatic rings. The molecule has 0 aromatic heterocycles. The number of aliphatic hydroxyl groups is 2. The van der Waals surface area contributed by atoms with Gasteiger partial charge in [0, 0.05) is 29.5 Å². The number of carbonyl (C=O) groups excluding carboxylic acids is 3. The molecule has 1 aromatic carbocycles. The number of hydrogen-bond acceptors (Lipinski definition) is 8. The zero-order chi connectivity index (χ0) is 23.8. The van der Waals surface area contributed by atoms with Crippen molar-refractivity contribution in [3.8, 4) is 17.2 Å². The van der Waals surface area contributed by atoms with E-state index >= 15 is 0 Å². The smallest absolute Gasteiger partial charge is 0.183 e.